The molecule has 0 saturated carbocycles. The molecule has 0 amide bonds. The van der Waals surface area contributed by atoms with Gasteiger partial charge in [0.2, 0.25) is 5.95 Å². The number of hydrazone groups is 1. The normalized spacial score (nSPS) is 11.0. The molecule has 1 heterocycles. The zero-order chi connectivity index (χ0) is 14.7. The number of benzene rings is 1. The van der Waals surface area contributed by atoms with Crippen LogP contribution in [0, 0.1) is 6.92 Å². The van der Waals surface area contributed by atoms with Crippen LogP contribution in [0.4, 0.5) is 5.95 Å². The highest BCUT2D eigenvalue weighted by Gasteiger charge is 2.07. The Hall–Kier alpha value is -1.56. The number of aryl methyl sites for hydroxylation is 1. The summed E-state index contributed by atoms with van der Waals surface area (Å²) in [6, 6.07) is 4.58. The molecule has 2 aromatic rings. The van der Waals surface area contributed by atoms with E-state index in [9.17, 15) is 4.79 Å². The lowest BCUT2D eigenvalue weighted by Gasteiger charge is -2.03. The smallest absolute Gasteiger partial charge is 0.252 e. The lowest BCUT2D eigenvalue weighted by molar-refractivity contribution is 1.04. The van der Waals surface area contributed by atoms with Crippen LogP contribution < -0.4 is 11.0 Å². The number of nitrogens with one attached hydrogen (secondary N) is 2. The van der Waals surface area contributed by atoms with Gasteiger partial charge in [0, 0.05) is 17.3 Å². The number of anilines is 1. The second kappa shape index (κ2) is 6.26. The first kappa shape index (κ1) is 14.8. The zero-order valence-corrected chi connectivity index (χ0v) is 12.5. The van der Waals surface area contributed by atoms with Gasteiger partial charge in [-0.05, 0) is 19.1 Å². The molecule has 0 fully saturated rings. The number of aromatic nitrogens is 2. The van der Waals surface area contributed by atoms with Gasteiger partial charge in [-0.25, -0.2) is 10.4 Å². The molecule has 2 rings (SSSR count). The molecule has 0 spiro atoms. The molecule has 20 heavy (non-hydrogen) atoms. The molecule has 0 aliphatic heterocycles. The van der Waals surface area contributed by atoms with Crippen LogP contribution >= 0.6 is 34.8 Å². The minimum absolute atomic E-state index is 0.223. The molecule has 104 valence electrons. The summed E-state index contributed by atoms with van der Waals surface area (Å²) in [5.74, 6) is 0.223. The lowest BCUT2D eigenvalue weighted by Crippen LogP contribution is -2.10. The summed E-state index contributed by atoms with van der Waals surface area (Å²) >= 11 is 17.9. The molecule has 1 aromatic heterocycles. The van der Waals surface area contributed by atoms with Crippen LogP contribution in [0.25, 0.3) is 0 Å². The largest absolute Gasteiger partial charge is 0.291 e. The lowest BCUT2D eigenvalue weighted by atomic mass is 10.2. The van der Waals surface area contributed by atoms with Crippen LogP contribution in [0.3, 0.4) is 0 Å². The van der Waals surface area contributed by atoms with Gasteiger partial charge in [0.25, 0.3) is 5.56 Å². The quantitative estimate of drug-likeness (QED) is 0.514. The SMILES string of the molecule is Cc1cc(=O)[nH]c(NN=Cc2c(Cl)ccc(Cl)c2Cl)n1. The predicted molar refractivity (Wildman–Crippen MR) is 82.3 cm³/mol. The van der Waals surface area contributed by atoms with Crippen molar-refractivity contribution in [2.45, 2.75) is 6.92 Å². The fourth-order valence-electron chi connectivity index (χ4n) is 1.45. The predicted octanol–water partition coefficient (Wildman–Crippen LogP) is 3.48. The van der Waals surface area contributed by atoms with Gasteiger partial charge in [-0.1, -0.05) is 34.8 Å². The van der Waals surface area contributed by atoms with Crippen molar-refractivity contribution in [2.75, 3.05) is 5.43 Å². The third-order valence-corrected chi connectivity index (χ3v) is 3.46. The van der Waals surface area contributed by atoms with E-state index in [1.807, 2.05) is 0 Å². The maximum absolute atomic E-state index is 11.3. The molecule has 2 N–H and O–H groups in total. The highest BCUT2D eigenvalue weighted by molar-refractivity contribution is 6.45. The van der Waals surface area contributed by atoms with Crippen LogP contribution in [-0.4, -0.2) is 16.2 Å². The fourth-order valence-corrected chi connectivity index (χ4v) is 2.08. The summed E-state index contributed by atoms with van der Waals surface area (Å²) < 4.78 is 0. The molecule has 0 radical (unpaired) electrons. The molecule has 0 atom stereocenters. The van der Waals surface area contributed by atoms with E-state index < -0.39 is 0 Å². The van der Waals surface area contributed by atoms with Crippen molar-refractivity contribution in [1.82, 2.24) is 9.97 Å². The minimum atomic E-state index is -0.269. The van der Waals surface area contributed by atoms with Crippen LogP contribution in [-0.2, 0) is 0 Å². The summed E-state index contributed by atoms with van der Waals surface area (Å²) in [4.78, 5) is 17.8. The molecule has 1 aromatic carbocycles. The van der Waals surface area contributed by atoms with Crippen LogP contribution in [0.5, 0.6) is 0 Å². The second-order valence-electron chi connectivity index (χ2n) is 3.86. The molecule has 5 nitrogen and oxygen atoms in total. The number of hydrogen-bond acceptors (Lipinski definition) is 4. The van der Waals surface area contributed by atoms with Crippen LogP contribution in [0.1, 0.15) is 11.3 Å². The van der Waals surface area contributed by atoms with Crippen molar-refractivity contribution < 1.29 is 0 Å². The molecule has 0 saturated heterocycles. The van der Waals surface area contributed by atoms with Crippen molar-refractivity contribution in [3.05, 3.63) is 54.9 Å². The first-order valence-electron chi connectivity index (χ1n) is 5.48. The Kier molecular flexibility index (Phi) is 4.65. The van der Waals surface area contributed by atoms with Gasteiger partial charge in [-0.3, -0.25) is 9.78 Å². The van der Waals surface area contributed by atoms with E-state index in [1.54, 1.807) is 19.1 Å². The molecule has 0 aliphatic carbocycles. The highest BCUT2D eigenvalue weighted by Crippen LogP contribution is 2.29. The number of halogens is 3. The molecule has 0 bridgehead atoms. The fraction of sp³-hybridized carbons (Fsp3) is 0.0833. The Labute approximate surface area is 129 Å². The third-order valence-electron chi connectivity index (χ3n) is 2.31. The van der Waals surface area contributed by atoms with Gasteiger partial charge < -0.3 is 0 Å². The molecular weight excluding hydrogens is 323 g/mol. The molecule has 0 aliphatic rings. The Bertz CT molecular complexity index is 727. The number of aromatic amines is 1. The molecule has 0 unspecified atom stereocenters. The Morgan fingerprint density at radius 3 is 2.70 bits per heavy atom. The van der Waals surface area contributed by atoms with E-state index >= 15 is 0 Å². The average Bonchev–Trinajstić information content (AvgIpc) is 2.37. The minimum Gasteiger partial charge on any atom is -0.291 e. The Morgan fingerprint density at radius 1 is 1.30 bits per heavy atom. The maximum atomic E-state index is 11.3. The number of rotatable bonds is 3. The van der Waals surface area contributed by atoms with Gasteiger partial charge in [-0.2, -0.15) is 5.10 Å². The summed E-state index contributed by atoms with van der Waals surface area (Å²) in [6.45, 7) is 1.70. The van der Waals surface area contributed by atoms with Gasteiger partial charge in [0.05, 0.1) is 21.3 Å². The van der Waals surface area contributed by atoms with Crippen LogP contribution in [0.2, 0.25) is 15.1 Å². The molecular formula is C12H9Cl3N4O. The Morgan fingerprint density at radius 2 is 2.00 bits per heavy atom. The van der Waals surface area contributed by atoms with Crippen LogP contribution in [0.15, 0.2) is 28.1 Å². The number of H-pyrrole nitrogens is 1. The Balaban J connectivity index is 2.22. The van der Waals surface area contributed by atoms with Gasteiger partial charge in [0.1, 0.15) is 0 Å². The van der Waals surface area contributed by atoms with Gasteiger partial charge in [-0.15, -0.1) is 0 Å². The van der Waals surface area contributed by atoms with Gasteiger partial charge >= 0.3 is 0 Å². The van der Waals surface area contributed by atoms with Crippen molar-refractivity contribution in [3.63, 3.8) is 0 Å². The first-order valence-corrected chi connectivity index (χ1v) is 6.61. The summed E-state index contributed by atoms with van der Waals surface area (Å²) in [5.41, 5.74) is 3.37. The van der Waals surface area contributed by atoms with E-state index in [0.717, 1.165) is 0 Å². The summed E-state index contributed by atoms with van der Waals surface area (Å²) in [5, 5.41) is 5.01. The van der Waals surface area contributed by atoms with Crippen molar-refractivity contribution in [2.24, 2.45) is 5.10 Å². The van der Waals surface area contributed by atoms with Crippen molar-refractivity contribution >= 4 is 47.0 Å². The van der Waals surface area contributed by atoms with E-state index in [2.05, 4.69) is 20.5 Å². The number of nitrogens with zero attached hydrogens (tertiary/aromatic N) is 2. The first-order chi connectivity index (χ1) is 9.47. The van der Waals surface area contributed by atoms with Crippen molar-refractivity contribution in [3.8, 4) is 0 Å². The topological polar surface area (TPSA) is 70.1 Å². The highest BCUT2D eigenvalue weighted by atomic mass is 35.5. The van der Waals surface area contributed by atoms with E-state index in [4.69, 9.17) is 34.8 Å². The maximum Gasteiger partial charge on any atom is 0.252 e. The molecule has 8 heteroatoms. The van der Waals surface area contributed by atoms with E-state index in [1.165, 1.54) is 12.3 Å². The zero-order valence-electron chi connectivity index (χ0n) is 10.2. The standard InChI is InChI=1S/C12H9Cl3N4O/c1-6-4-10(20)18-12(17-6)19-16-5-7-8(13)2-3-9(14)11(7)15/h2-5H,1H3,(H2,17,18,19,20). The average molecular weight is 332 g/mol. The summed E-state index contributed by atoms with van der Waals surface area (Å²) in [7, 11) is 0. The summed E-state index contributed by atoms with van der Waals surface area (Å²) in [6.07, 6.45) is 1.40. The monoisotopic (exact) mass is 330 g/mol. The number of hydrogen-bond donors (Lipinski definition) is 2. The van der Waals surface area contributed by atoms with E-state index in [-0.39, 0.29) is 11.5 Å². The van der Waals surface area contributed by atoms with Crippen molar-refractivity contribution in [1.29, 1.82) is 0 Å². The third kappa shape index (κ3) is 3.50. The second-order valence-corrected chi connectivity index (χ2v) is 5.05. The van der Waals surface area contributed by atoms with E-state index in [0.29, 0.717) is 26.3 Å². The van der Waals surface area contributed by atoms with Gasteiger partial charge in [0.15, 0.2) is 0 Å².